The van der Waals surface area contributed by atoms with Gasteiger partial charge < -0.3 is 14.2 Å². The van der Waals surface area contributed by atoms with Crippen molar-refractivity contribution in [3.05, 3.63) is 64.2 Å². The minimum absolute atomic E-state index is 0.0676. The summed E-state index contributed by atoms with van der Waals surface area (Å²) in [6.07, 6.45) is 2.51. The Morgan fingerprint density at radius 2 is 1.89 bits per heavy atom. The molecule has 35 heavy (non-hydrogen) atoms. The Bertz CT molecular complexity index is 1230. The number of aryl methyl sites for hydroxylation is 1. The van der Waals surface area contributed by atoms with Gasteiger partial charge in [0, 0.05) is 0 Å². The van der Waals surface area contributed by atoms with E-state index in [-0.39, 0.29) is 5.57 Å². The number of hydrogen-bond donors (Lipinski definition) is 1. The molecule has 0 aliphatic heterocycles. The highest BCUT2D eigenvalue weighted by Gasteiger charge is 2.14. The highest BCUT2D eigenvalue weighted by molar-refractivity contribution is 7.15. The van der Waals surface area contributed by atoms with Gasteiger partial charge in [-0.05, 0) is 54.7 Å². The second-order valence-electron chi connectivity index (χ2n) is 7.70. The maximum Gasteiger partial charge on any atom is 0.268 e. The predicted octanol–water partition coefficient (Wildman–Crippen LogP) is 5.37. The Morgan fingerprint density at radius 1 is 1.14 bits per heavy atom. The van der Waals surface area contributed by atoms with Crippen molar-refractivity contribution in [2.24, 2.45) is 0 Å². The summed E-state index contributed by atoms with van der Waals surface area (Å²) in [6, 6.07) is 15.1. The van der Waals surface area contributed by atoms with Crippen molar-refractivity contribution in [2.75, 3.05) is 25.6 Å². The number of anilines is 1. The molecule has 0 fully saturated rings. The smallest absolute Gasteiger partial charge is 0.268 e. The monoisotopic (exact) mass is 492 g/mol. The van der Waals surface area contributed by atoms with Crippen molar-refractivity contribution < 1.29 is 19.0 Å². The fourth-order valence-corrected chi connectivity index (χ4v) is 3.85. The van der Waals surface area contributed by atoms with Gasteiger partial charge in [-0.3, -0.25) is 10.1 Å². The molecule has 0 aliphatic rings. The predicted molar refractivity (Wildman–Crippen MR) is 136 cm³/mol. The van der Waals surface area contributed by atoms with Gasteiger partial charge in [0.05, 0.1) is 7.11 Å². The Hall–Kier alpha value is -3.90. The van der Waals surface area contributed by atoms with Crippen LogP contribution in [0.4, 0.5) is 5.13 Å². The van der Waals surface area contributed by atoms with Gasteiger partial charge in [-0.1, -0.05) is 49.4 Å². The van der Waals surface area contributed by atoms with Crippen LogP contribution < -0.4 is 19.5 Å². The summed E-state index contributed by atoms with van der Waals surface area (Å²) >= 11 is 1.23. The molecule has 1 heterocycles. The van der Waals surface area contributed by atoms with Crippen LogP contribution in [0.5, 0.6) is 17.2 Å². The maximum absolute atomic E-state index is 12.4. The van der Waals surface area contributed by atoms with Crippen LogP contribution in [0.15, 0.2) is 48.0 Å². The Labute approximate surface area is 209 Å². The van der Waals surface area contributed by atoms with Gasteiger partial charge in [0.1, 0.15) is 35.6 Å². The Morgan fingerprint density at radius 3 is 2.54 bits per heavy atom. The van der Waals surface area contributed by atoms with E-state index in [2.05, 4.69) is 35.4 Å². The molecule has 0 saturated heterocycles. The SMILES string of the molecule is CCC(C)c1ccccc1OCCOc1ccc(C=C(C#N)C(=O)Nc2nnc(C)s2)cc1OC. The van der Waals surface area contributed by atoms with Crippen molar-refractivity contribution in [1.82, 2.24) is 10.2 Å². The lowest BCUT2D eigenvalue weighted by Gasteiger charge is -2.16. The van der Waals surface area contributed by atoms with E-state index < -0.39 is 5.91 Å². The van der Waals surface area contributed by atoms with E-state index in [0.717, 1.165) is 12.2 Å². The molecule has 1 N–H and O–H groups in total. The van der Waals surface area contributed by atoms with Crippen molar-refractivity contribution in [1.29, 1.82) is 5.26 Å². The first-order valence-electron chi connectivity index (χ1n) is 11.2. The molecule has 1 amide bonds. The third-order valence-electron chi connectivity index (χ3n) is 5.27. The zero-order valence-corrected chi connectivity index (χ0v) is 21.0. The van der Waals surface area contributed by atoms with Crippen LogP contribution in [0.2, 0.25) is 0 Å². The molecule has 8 nitrogen and oxygen atoms in total. The van der Waals surface area contributed by atoms with Crippen LogP contribution in [0.3, 0.4) is 0 Å². The number of hydrogen-bond acceptors (Lipinski definition) is 8. The fourth-order valence-electron chi connectivity index (χ4n) is 3.26. The van der Waals surface area contributed by atoms with Crippen LogP contribution >= 0.6 is 11.3 Å². The highest BCUT2D eigenvalue weighted by atomic mass is 32.1. The number of carbonyl (C=O) groups is 1. The lowest BCUT2D eigenvalue weighted by atomic mass is 9.98. The number of amides is 1. The number of aromatic nitrogens is 2. The van der Waals surface area contributed by atoms with Crippen molar-refractivity contribution in [2.45, 2.75) is 33.1 Å². The van der Waals surface area contributed by atoms with Gasteiger partial charge in [-0.25, -0.2) is 0 Å². The zero-order valence-electron chi connectivity index (χ0n) is 20.2. The number of nitrogens with zero attached hydrogens (tertiary/aromatic N) is 3. The van der Waals surface area contributed by atoms with Crippen LogP contribution in [-0.4, -0.2) is 36.4 Å². The number of ether oxygens (including phenoxy) is 3. The second-order valence-corrected chi connectivity index (χ2v) is 8.89. The van der Waals surface area contributed by atoms with Crippen molar-refractivity contribution >= 4 is 28.5 Å². The van der Waals surface area contributed by atoms with Crippen LogP contribution in [-0.2, 0) is 4.79 Å². The first-order chi connectivity index (χ1) is 16.9. The largest absolute Gasteiger partial charge is 0.493 e. The van der Waals surface area contributed by atoms with Gasteiger partial charge in [0.2, 0.25) is 5.13 Å². The Balaban J connectivity index is 1.63. The summed E-state index contributed by atoms with van der Waals surface area (Å²) in [5.41, 5.74) is 1.73. The summed E-state index contributed by atoms with van der Waals surface area (Å²) in [6.45, 7) is 6.82. The van der Waals surface area contributed by atoms with E-state index in [0.29, 0.717) is 46.3 Å². The second kappa shape index (κ2) is 12.5. The van der Waals surface area contributed by atoms with Crippen LogP contribution in [0, 0.1) is 18.3 Å². The van der Waals surface area contributed by atoms with Crippen molar-refractivity contribution in [3.63, 3.8) is 0 Å². The van der Waals surface area contributed by atoms with Gasteiger partial charge in [0.15, 0.2) is 11.5 Å². The molecular weight excluding hydrogens is 464 g/mol. The quantitative estimate of drug-likeness (QED) is 0.218. The highest BCUT2D eigenvalue weighted by Crippen LogP contribution is 2.30. The molecule has 0 aliphatic carbocycles. The molecule has 1 aromatic heterocycles. The van der Waals surface area contributed by atoms with Crippen LogP contribution in [0.1, 0.15) is 42.3 Å². The van der Waals surface area contributed by atoms with Crippen molar-refractivity contribution in [3.8, 4) is 23.3 Å². The molecule has 3 rings (SSSR count). The first-order valence-corrected chi connectivity index (χ1v) is 12.0. The lowest BCUT2D eigenvalue weighted by molar-refractivity contribution is -0.112. The molecule has 1 atom stereocenters. The van der Waals surface area contributed by atoms with E-state index in [1.54, 1.807) is 25.1 Å². The lowest BCUT2D eigenvalue weighted by Crippen LogP contribution is -2.13. The molecule has 3 aromatic rings. The number of para-hydroxylation sites is 1. The minimum atomic E-state index is -0.558. The number of carbonyl (C=O) groups excluding carboxylic acids is 1. The molecule has 1 unspecified atom stereocenters. The zero-order chi connectivity index (χ0) is 25.2. The summed E-state index contributed by atoms with van der Waals surface area (Å²) in [5, 5.41) is 20.8. The van der Waals surface area contributed by atoms with E-state index >= 15 is 0 Å². The number of nitrogens with one attached hydrogen (secondary N) is 1. The normalized spacial score (nSPS) is 11.9. The summed E-state index contributed by atoms with van der Waals surface area (Å²) in [7, 11) is 1.53. The molecule has 0 spiro atoms. The summed E-state index contributed by atoms with van der Waals surface area (Å²) in [5.74, 6) is 1.74. The molecule has 0 radical (unpaired) electrons. The van der Waals surface area contributed by atoms with E-state index in [9.17, 15) is 10.1 Å². The average Bonchev–Trinajstić information content (AvgIpc) is 3.29. The molecule has 0 saturated carbocycles. The molecule has 182 valence electrons. The van der Waals surface area contributed by atoms with Gasteiger partial charge in [0.25, 0.3) is 5.91 Å². The number of methoxy groups -OCH3 is 1. The fraction of sp³-hybridized carbons (Fsp3) is 0.308. The molecule has 9 heteroatoms. The Kier molecular flexibility index (Phi) is 9.21. The average molecular weight is 493 g/mol. The number of benzene rings is 2. The third-order valence-corrected chi connectivity index (χ3v) is 6.03. The third kappa shape index (κ3) is 7.04. The van der Waals surface area contributed by atoms with Crippen LogP contribution in [0.25, 0.3) is 6.08 Å². The number of rotatable bonds is 11. The maximum atomic E-state index is 12.4. The molecular formula is C26H28N4O4S. The molecule has 2 aromatic carbocycles. The van der Waals surface area contributed by atoms with Gasteiger partial charge in [-0.2, -0.15) is 5.26 Å². The van der Waals surface area contributed by atoms with E-state index in [1.165, 1.54) is 30.1 Å². The minimum Gasteiger partial charge on any atom is -0.493 e. The summed E-state index contributed by atoms with van der Waals surface area (Å²) < 4.78 is 17.3. The summed E-state index contributed by atoms with van der Waals surface area (Å²) in [4.78, 5) is 12.4. The van der Waals surface area contributed by atoms with Gasteiger partial charge >= 0.3 is 0 Å². The number of nitriles is 1. The molecule has 0 bridgehead atoms. The first kappa shape index (κ1) is 25.7. The topological polar surface area (TPSA) is 106 Å². The van der Waals surface area contributed by atoms with E-state index in [1.807, 2.05) is 24.3 Å². The van der Waals surface area contributed by atoms with Gasteiger partial charge in [-0.15, -0.1) is 10.2 Å². The standard InChI is InChI=1S/C26H28N4O4S/c1-5-17(2)21-8-6-7-9-22(21)33-12-13-34-23-11-10-19(15-24(23)32-4)14-20(16-27)25(31)28-26-30-29-18(3)35-26/h6-11,14-15,17H,5,12-13H2,1-4H3,(H,28,30,31). The van der Waals surface area contributed by atoms with E-state index in [4.69, 9.17) is 14.2 Å².